The lowest BCUT2D eigenvalue weighted by Gasteiger charge is -2.37. The molecule has 2 heterocycles. The second kappa shape index (κ2) is 5.42. The van der Waals surface area contributed by atoms with Gasteiger partial charge in [-0.25, -0.2) is 4.79 Å². The molecule has 2 fully saturated rings. The van der Waals surface area contributed by atoms with E-state index in [2.05, 4.69) is 15.5 Å². The maximum absolute atomic E-state index is 12.4. The molecule has 2 atom stereocenters. The zero-order valence-corrected chi connectivity index (χ0v) is 12.1. The Morgan fingerprint density at radius 2 is 2.20 bits per heavy atom. The van der Waals surface area contributed by atoms with Gasteiger partial charge in [0, 0.05) is 12.6 Å². The molecule has 0 bridgehead atoms. The third-order valence-electron chi connectivity index (χ3n) is 4.51. The molecule has 1 aliphatic carbocycles. The van der Waals surface area contributed by atoms with Crippen LogP contribution in [0.15, 0.2) is 4.52 Å². The molecular formula is C14H22N4O2. The zero-order chi connectivity index (χ0) is 14.1. The fourth-order valence-electron chi connectivity index (χ4n) is 3.18. The van der Waals surface area contributed by atoms with Crippen LogP contribution in [0.1, 0.15) is 56.8 Å². The topological polar surface area (TPSA) is 71.3 Å². The third kappa shape index (κ3) is 2.51. The lowest BCUT2D eigenvalue weighted by atomic mass is 9.79. The van der Waals surface area contributed by atoms with Gasteiger partial charge in [-0.3, -0.25) is 0 Å². The molecule has 2 unspecified atom stereocenters. The summed E-state index contributed by atoms with van der Waals surface area (Å²) in [5.41, 5.74) is 0. The minimum atomic E-state index is -0.244. The molecule has 1 saturated heterocycles. The molecule has 0 aromatic carbocycles. The Morgan fingerprint density at radius 1 is 1.40 bits per heavy atom. The molecule has 1 aliphatic heterocycles. The van der Waals surface area contributed by atoms with Crippen LogP contribution in [0.2, 0.25) is 0 Å². The molecule has 1 N–H and O–H groups in total. The van der Waals surface area contributed by atoms with Crippen molar-refractivity contribution >= 4 is 6.03 Å². The second-order valence-electron chi connectivity index (χ2n) is 5.94. The fraction of sp³-hybridized carbons (Fsp3) is 0.786. The summed E-state index contributed by atoms with van der Waals surface area (Å²) in [6.07, 6.45) is 6.11. The van der Waals surface area contributed by atoms with Gasteiger partial charge in [-0.1, -0.05) is 11.6 Å². The monoisotopic (exact) mass is 278 g/mol. The predicted octanol–water partition coefficient (Wildman–Crippen LogP) is 2.41. The van der Waals surface area contributed by atoms with E-state index in [1.54, 1.807) is 6.92 Å². The van der Waals surface area contributed by atoms with Gasteiger partial charge in [0.25, 0.3) is 0 Å². The molecule has 6 nitrogen and oxygen atoms in total. The molecule has 1 aromatic rings. The lowest BCUT2D eigenvalue weighted by molar-refractivity contribution is 0.136. The average Bonchev–Trinajstić information content (AvgIpc) is 2.96. The first-order valence-electron chi connectivity index (χ1n) is 7.52. The van der Waals surface area contributed by atoms with Crippen molar-refractivity contribution in [3.63, 3.8) is 0 Å². The summed E-state index contributed by atoms with van der Waals surface area (Å²) in [6, 6.07) is 0.189. The number of nitrogens with one attached hydrogen (secondary N) is 1. The van der Waals surface area contributed by atoms with Gasteiger partial charge in [-0.05, 0) is 45.4 Å². The normalized spacial score (nSPS) is 24.5. The van der Waals surface area contributed by atoms with E-state index in [0.29, 0.717) is 23.7 Å². The number of aryl methyl sites for hydroxylation is 1. The van der Waals surface area contributed by atoms with Crippen LogP contribution < -0.4 is 5.32 Å². The van der Waals surface area contributed by atoms with E-state index in [9.17, 15) is 4.79 Å². The Labute approximate surface area is 118 Å². The maximum atomic E-state index is 12.4. The van der Waals surface area contributed by atoms with E-state index >= 15 is 0 Å². The molecule has 1 saturated carbocycles. The third-order valence-corrected chi connectivity index (χ3v) is 4.51. The van der Waals surface area contributed by atoms with Crippen LogP contribution >= 0.6 is 0 Å². The fourth-order valence-corrected chi connectivity index (χ4v) is 3.18. The van der Waals surface area contributed by atoms with Crippen molar-refractivity contribution in [1.82, 2.24) is 20.4 Å². The van der Waals surface area contributed by atoms with Gasteiger partial charge in [0.15, 0.2) is 5.82 Å². The number of urea groups is 1. The van der Waals surface area contributed by atoms with Crippen molar-refractivity contribution < 1.29 is 9.32 Å². The molecule has 0 spiro atoms. The Morgan fingerprint density at radius 3 is 2.80 bits per heavy atom. The number of likely N-dealkylation sites (tertiary alicyclic amines) is 1. The van der Waals surface area contributed by atoms with E-state index in [4.69, 9.17) is 4.52 Å². The van der Waals surface area contributed by atoms with E-state index in [1.165, 1.54) is 19.3 Å². The van der Waals surface area contributed by atoms with Crippen molar-refractivity contribution in [3.05, 3.63) is 11.7 Å². The van der Waals surface area contributed by atoms with E-state index in [1.807, 2.05) is 11.8 Å². The number of rotatable bonds is 3. The first kappa shape index (κ1) is 13.4. The lowest BCUT2D eigenvalue weighted by Crippen LogP contribution is -2.47. The maximum Gasteiger partial charge on any atom is 0.318 e. The largest absolute Gasteiger partial charge is 0.337 e. The van der Waals surface area contributed by atoms with Crippen molar-refractivity contribution in [1.29, 1.82) is 0 Å². The quantitative estimate of drug-likeness (QED) is 0.921. The van der Waals surface area contributed by atoms with Gasteiger partial charge in [0.05, 0.1) is 0 Å². The summed E-state index contributed by atoms with van der Waals surface area (Å²) in [5, 5.41) is 6.73. The highest BCUT2D eigenvalue weighted by Crippen LogP contribution is 2.37. The van der Waals surface area contributed by atoms with Crippen LogP contribution in [-0.2, 0) is 0 Å². The number of hydrogen-bond donors (Lipinski definition) is 1. The highest BCUT2D eigenvalue weighted by molar-refractivity contribution is 5.75. The Hall–Kier alpha value is -1.59. The highest BCUT2D eigenvalue weighted by Gasteiger charge is 2.37. The van der Waals surface area contributed by atoms with Crippen LogP contribution in [0.5, 0.6) is 0 Å². The standard InChI is InChI=1S/C14H22N4O2/c1-9(13-16-10(2)17-20-13)15-14(19)18-8-4-7-12(18)11-5-3-6-11/h9,11-12H,3-8H2,1-2H3,(H,15,19). The second-order valence-corrected chi connectivity index (χ2v) is 5.94. The molecule has 20 heavy (non-hydrogen) atoms. The van der Waals surface area contributed by atoms with Crippen LogP contribution in [0.25, 0.3) is 0 Å². The summed E-state index contributed by atoms with van der Waals surface area (Å²) in [4.78, 5) is 18.6. The number of carbonyl (C=O) groups is 1. The molecule has 0 radical (unpaired) electrons. The molecule has 2 amide bonds. The Bertz CT molecular complexity index is 483. The molecular weight excluding hydrogens is 256 g/mol. The van der Waals surface area contributed by atoms with Gasteiger partial charge in [-0.15, -0.1) is 0 Å². The van der Waals surface area contributed by atoms with Gasteiger partial charge < -0.3 is 14.7 Å². The number of nitrogens with zero attached hydrogens (tertiary/aromatic N) is 3. The minimum absolute atomic E-state index is 0.00255. The Balaban J connectivity index is 1.60. The summed E-state index contributed by atoms with van der Waals surface area (Å²) in [7, 11) is 0. The number of aromatic nitrogens is 2. The van der Waals surface area contributed by atoms with Gasteiger partial charge in [0.2, 0.25) is 5.89 Å². The molecule has 2 aliphatic rings. The summed E-state index contributed by atoms with van der Waals surface area (Å²) in [5.74, 6) is 1.77. The number of carbonyl (C=O) groups excluding carboxylic acids is 1. The predicted molar refractivity (Wildman–Crippen MR) is 73.1 cm³/mol. The van der Waals surface area contributed by atoms with Crippen molar-refractivity contribution in [2.45, 2.75) is 58.0 Å². The first-order chi connectivity index (χ1) is 9.65. The van der Waals surface area contributed by atoms with E-state index < -0.39 is 0 Å². The van der Waals surface area contributed by atoms with Crippen LogP contribution in [-0.4, -0.2) is 33.7 Å². The number of hydrogen-bond acceptors (Lipinski definition) is 4. The van der Waals surface area contributed by atoms with Crippen LogP contribution in [0.4, 0.5) is 4.79 Å². The van der Waals surface area contributed by atoms with E-state index in [-0.39, 0.29) is 12.1 Å². The van der Waals surface area contributed by atoms with E-state index in [0.717, 1.165) is 19.4 Å². The van der Waals surface area contributed by atoms with Gasteiger partial charge in [-0.2, -0.15) is 4.98 Å². The highest BCUT2D eigenvalue weighted by atomic mass is 16.5. The summed E-state index contributed by atoms with van der Waals surface area (Å²) < 4.78 is 5.10. The van der Waals surface area contributed by atoms with Crippen LogP contribution in [0, 0.1) is 12.8 Å². The smallest absolute Gasteiger partial charge is 0.318 e. The molecule has 110 valence electrons. The van der Waals surface area contributed by atoms with Gasteiger partial charge >= 0.3 is 6.03 Å². The first-order valence-corrected chi connectivity index (χ1v) is 7.52. The molecule has 6 heteroatoms. The average molecular weight is 278 g/mol. The zero-order valence-electron chi connectivity index (χ0n) is 12.1. The molecule has 1 aromatic heterocycles. The number of amides is 2. The molecule has 3 rings (SSSR count). The SMILES string of the molecule is Cc1noc(C(C)NC(=O)N2CCCC2C2CCC2)n1. The van der Waals surface area contributed by atoms with Crippen LogP contribution in [0.3, 0.4) is 0 Å². The van der Waals surface area contributed by atoms with Crippen molar-refractivity contribution in [3.8, 4) is 0 Å². The Kier molecular flexibility index (Phi) is 3.63. The van der Waals surface area contributed by atoms with Crippen molar-refractivity contribution in [2.24, 2.45) is 5.92 Å². The minimum Gasteiger partial charge on any atom is -0.337 e. The van der Waals surface area contributed by atoms with Gasteiger partial charge in [0.1, 0.15) is 6.04 Å². The van der Waals surface area contributed by atoms with Crippen molar-refractivity contribution in [2.75, 3.05) is 6.54 Å². The summed E-state index contributed by atoms with van der Waals surface area (Å²) >= 11 is 0. The summed E-state index contributed by atoms with van der Waals surface area (Å²) in [6.45, 7) is 4.51.